The highest BCUT2D eigenvalue weighted by Crippen LogP contribution is 2.19. The van der Waals surface area contributed by atoms with Crippen molar-refractivity contribution < 1.29 is 8.78 Å². The predicted molar refractivity (Wildman–Crippen MR) is 44.7 cm³/mol. The van der Waals surface area contributed by atoms with Crippen LogP contribution in [0.3, 0.4) is 0 Å². The second-order valence-corrected chi connectivity index (χ2v) is 2.51. The van der Waals surface area contributed by atoms with Gasteiger partial charge in [-0.05, 0) is 30.7 Å². The topological polar surface area (TPSA) is 0 Å². The molecule has 0 bridgehead atoms. The molecule has 1 unspecified atom stereocenters. The van der Waals surface area contributed by atoms with E-state index in [1.807, 2.05) is 0 Å². The highest BCUT2D eigenvalue weighted by atomic mass is 19.1. The van der Waals surface area contributed by atoms with E-state index in [-0.39, 0.29) is 5.56 Å². The average Bonchev–Trinajstić information content (AvgIpc) is 2.08. The molecule has 2 heteroatoms. The largest absolute Gasteiger partial charge is 0.207 e. The van der Waals surface area contributed by atoms with Crippen LogP contribution in [0.5, 0.6) is 0 Å². The number of hydrogen-bond donors (Lipinski definition) is 0. The van der Waals surface area contributed by atoms with Crippen LogP contribution >= 0.6 is 0 Å². The van der Waals surface area contributed by atoms with Gasteiger partial charge in [-0.25, -0.2) is 8.78 Å². The average molecular weight is 167 g/mol. The first kappa shape index (κ1) is 8.91. The normalized spacial score (nSPS) is 12.6. The van der Waals surface area contributed by atoms with Crippen LogP contribution in [0, 0.1) is 18.6 Å². The summed E-state index contributed by atoms with van der Waals surface area (Å²) in [5.74, 6) is -1.31. The highest BCUT2D eigenvalue weighted by molar-refractivity contribution is 5.26. The van der Waals surface area contributed by atoms with Crippen molar-refractivity contribution in [2.75, 3.05) is 0 Å². The van der Waals surface area contributed by atoms with Gasteiger partial charge in [-0.15, -0.1) is 6.58 Å². The van der Waals surface area contributed by atoms with Gasteiger partial charge in [0.1, 0.15) is 11.6 Å². The van der Waals surface area contributed by atoms with Crippen LogP contribution in [0.25, 0.3) is 0 Å². The lowest BCUT2D eigenvalue weighted by Gasteiger charge is -2.06. The van der Waals surface area contributed by atoms with Crippen molar-refractivity contribution in [3.8, 4) is 0 Å². The number of hydrogen-bond acceptors (Lipinski definition) is 0. The van der Waals surface area contributed by atoms with Crippen LogP contribution in [0.2, 0.25) is 0 Å². The highest BCUT2D eigenvalue weighted by Gasteiger charge is 2.08. The van der Waals surface area contributed by atoms with E-state index in [4.69, 9.17) is 0 Å². The molecule has 0 saturated heterocycles. The van der Waals surface area contributed by atoms with Gasteiger partial charge in [-0.1, -0.05) is 6.08 Å². The number of allylic oxidation sites excluding steroid dienone is 1. The van der Waals surface area contributed by atoms with Gasteiger partial charge in [0.15, 0.2) is 0 Å². The Bertz CT molecular complexity index is 292. The van der Waals surface area contributed by atoms with Gasteiger partial charge < -0.3 is 0 Å². The van der Waals surface area contributed by atoms with Gasteiger partial charge in [-0.3, -0.25) is 0 Å². The van der Waals surface area contributed by atoms with Crippen LogP contribution in [-0.2, 0) is 0 Å². The molecular formula is C10H9F2. The van der Waals surface area contributed by atoms with Crippen LogP contribution in [0.15, 0.2) is 30.9 Å². The van der Waals surface area contributed by atoms with Gasteiger partial charge in [0.25, 0.3) is 0 Å². The molecule has 0 heterocycles. The van der Waals surface area contributed by atoms with E-state index in [0.717, 1.165) is 18.2 Å². The summed E-state index contributed by atoms with van der Waals surface area (Å²) in [6, 6.07) is 3.30. The van der Waals surface area contributed by atoms with Crippen molar-refractivity contribution in [3.63, 3.8) is 0 Å². The SMILES string of the molecule is [CH2]C(C=C)c1cc(F)ccc1F. The van der Waals surface area contributed by atoms with Crippen molar-refractivity contribution in [1.29, 1.82) is 0 Å². The van der Waals surface area contributed by atoms with Gasteiger partial charge >= 0.3 is 0 Å². The Balaban J connectivity index is 3.12. The monoisotopic (exact) mass is 167 g/mol. The molecule has 1 atom stereocenters. The quantitative estimate of drug-likeness (QED) is 0.594. The number of rotatable bonds is 2. The molecule has 1 aromatic carbocycles. The first-order chi connectivity index (χ1) is 5.65. The molecular weight excluding hydrogens is 158 g/mol. The third kappa shape index (κ3) is 1.70. The summed E-state index contributed by atoms with van der Waals surface area (Å²) >= 11 is 0. The Morgan fingerprint density at radius 1 is 1.33 bits per heavy atom. The molecule has 0 N–H and O–H groups in total. The molecule has 0 amide bonds. The second kappa shape index (κ2) is 3.48. The zero-order valence-corrected chi connectivity index (χ0v) is 6.56. The molecule has 1 aromatic rings. The maximum Gasteiger partial charge on any atom is 0.127 e. The minimum atomic E-state index is -0.457. The molecule has 1 radical (unpaired) electrons. The van der Waals surface area contributed by atoms with Gasteiger partial charge in [0.2, 0.25) is 0 Å². The van der Waals surface area contributed by atoms with Gasteiger partial charge in [-0.2, -0.15) is 0 Å². The van der Waals surface area contributed by atoms with Gasteiger partial charge in [0.05, 0.1) is 0 Å². The zero-order valence-electron chi connectivity index (χ0n) is 6.56. The minimum Gasteiger partial charge on any atom is -0.207 e. The van der Waals surface area contributed by atoms with E-state index in [0.29, 0.717) is 0 Å². The van der Waals surface area contributed by atoms with E-state index < -0.39 is 17.6 Å². The maximum atomic E-state index is 13.0. The Morgan fingerprint density at radius 2 is 2.00 bits per heavy atom. The summed E-state index contributed by atoms with van der Waals surface area (Å²) < 4.78 is 25.6. The lowest BCUT2D eigenvalue weighted by Crippen LogP contribution is -1.94. The third-order valence-corrected chi connectivity index (χ3v) is 1.64. The summed E-state index contributed by atoms with van der Waals surface area (Å²) in [6.45, 7) is 7.06. The standard InChI is InChI=1S/C10H9F2/c1-3-7(2)9-6-8(11)4-5-10(9)12/h3-7H,1-2H2. The fraction of sp³-hybridized carbons (Fsp3) is 0.100. The molecule has 63 valence electrons. The molecule has 0 saturated carbocycles. The molecule has 0 spiro atoms. The van der Waals surface area contributed by atoms with Crippen molar-refractivity contribution in [2.24, 2.45) is 0 Å². The molecule has 0 aliphatic heterocycles. The fourth-order valence-electron chi connectivity index (χ4n) is 0.926. The first-order valence-corrected chi connectivity index (χ1v) is 3.55. The van der Waals surface area contributed by atoms with E-state index in [1.165, 1.54) is 6.08 Å². The van der Waals surface area contributed by atoms with E-state index in [2.05, 4.69) is 13.5 Å². The molecule has 0 fully saturated rings. The molecule has 0 nitrogen and oxygen atoms in total. The molecule has 0 aliphatic rings. The fourth-order valence-corrected chi connectivity index (χ4v) is 0.926. The summed E-state index contributed by atoms with van der Waals surface area (Å²) in [6.07, 6.45) is 1.47. The number of benzene rings is 1. The van der Waals surface area contributed by atoms with Crippen molar-refractivity contribution in [1.82, 2.24) is 0 Å². The van der Waals surface area contributed by atoms with Crippen molar-refractivity contribution >= 4 is 0 Å². The summed E-state index contributed by atoms with van der Waals surface area (Å²) in [4.78, 5) is 0. The summed E-state index contributed by atoms with van der Waals surface area (Å²) in [7, 11) is 0. The Morgan fingerprint density at radius 3 is 2.58 bits per heavy atom. The number of halogens is 2. The van der Waals surface area contributed by atoms with E-state index >= 15 is 0 Å². The van der Waals surface area contributed by atoms with E-state index in [1.54, 1.807) is 0 Å². The third-order valence-electron chi connectivity index (χ3n) is 1.64. The Hall–Kier alpha value is -1.18. The Labute approximate surface area is 70.5 Å². The minimum absolute atomic E-state index is 0.241. The molecule has 0 aromatic heterocycles. The molecule has 0 aliphatic carbocycles. The lowest BCUT2D eigenvalue weighted by atomic mass is 10.0. The zero-order chi connectivity index (χ0) is 9.14. The Kier molecular flexibility index (Phi) is 2.58. The smallest absolute Gasteiger partial charge is 0.127 e. The summed E-state index contributed by atoms with van der Waals surface area (Å²) in [5, 5.41) is 0. The summed E-state index contributed by atoms with van der Waals surface area (Å²) in [5.41, 5.74) is 0.241. The molecule has 1 rings (SSSR count). The van der Waals surface area contributed by atoms with Crippen LogP contribution in [0.1, 0.15) is 11.5 Å². The predicted octanol–water partition coefficient (Wildman–Crippen LogP) is 3.07. The van der Waals surface area contributed by atoms with Gasteiger partial charge in [0, 0.05) is 5.92 Å². The van der Waals surface area contributed by atoms with Crippen molar-refractivity contribution in [3.05, 3.63) is 55.0 Å². The van der Waals surface area contributed by atoms with Crippen molar-refractivity contribution in [2.45, 2.75) is 5.92 Å². The second-order valence-electron chi connectivity index (χ2n) is 2.51. The van der Waals surface area contributed by atoms with Crippen LogP contribution in [-0.4, -0.2) is 0 Å². The van der Waals surface area contributed by atoms with E-state index in [9.17, 15) is 8.78 Å². The maximum absolute atomic E-state index is 13.0. The van der Waals surface area contributed by atoms with Crippen LogP contribution < -0.4 is 0 Å². The molecule has 12 heavy (non-hydrogen) atoms. The first-order valence-electron chi connectivity index (χ1n) is 3.55. The lowest BCUT2D eigenvalue weighted by molar-refractivity contribution is 0.585. The van der Waals surface area contributed by atoms with Crippen LogP contribution in [0.4, 0.5) is 8.78 Å².